The molecule has 1 amide bonds. The zero-order valence-corrected chi connectivity index (χ0v) is 18.7. The summed E-state index contributed by atoms with van der Waals surface area (Å²) in [4.78, 5) is 10.6. The Bertz CT molecular complexity index is 902. The lowest BCUT2D eigenvalue weighted by Gasteiger charge is -2.14. The zero-order valence-electron chi connectivity index (χ0n) is 18.7. The van der Waals surface area contributed by atoms with Gasteiger partial charge in [0, 0.05) is 6.42 Å². The van der Waals surface area contributed by atoms with E-state index in [0.29, 0.717) is 19.5 Å². The van der Waals surface area contributed by atoms with Crippen molar-refractivity contribution >= 4 is 18.6 Å². The molecule has 0 bridgehead atoms. The molecule has 0 spiro atoms. The SMILES string of the molecule is C=Cc1cccc(Cn2c(CCC(=C)C)nnc2CNC=O)c1C=C.CC=C(C)C. The van der Waals surface area contributed by atoms with Crippen LogP contribution >= 0.6 is 0 Å². The molecule has 30 heavy (non-hydrogen) atoms. The Kier molecular flexibility index (Phi) is 10.8. The van der Waals surface area contributed by atoms with Gasteiger partial charge >= 0.3 is 0 Å². The van der Waals surface area contributed by atoms with Gasteiger partial charge in [0.15, 0.2) is 5.82 Å². The van der Waals surface area contributed by atoms with Crippen LogP contribution in [0.15, 0.2) is 55.2 Å². The smallest absolute Gasteiger partial charge is 0.207 e. The number of carbonyl (C=O) groups excluding carboxylic acids is 1. The Labute approximate surface area is 180 Å². The van der Waals surface area contributed by atoms with Crippen LogP contribution in [0.3, 0.4) is 0 Å². The highest BCUT2D eigenvalue weighted by Crippen LogP contribution is 2.20. The van der Waals surface area contributed by atoms with E-state index in [1.165, 1.54) is 5.57 Å². The van der Waals surface area contributed by atoms with Crippen molar-refractivity contribution in [3.63, 3.8) is 0 Å². The fraction of sp³-hybridized carbons (Fsp3) is 0.320. The summed E-state index contributed by atoms with van der Waals surface area (Å²) in [5.41, 5.74) is 5.67. The summed E-state index contributed by atoms with van der Waals surface area (Å²) in [6, 6.07) is 6.07. The van der Waals surface area contributed by atoms with Gasteiger partial charge < -0.3 is 9.88 Å². The molecule has 0 fully saturated rings. The van der Waals surface area contributed by atoms with Crippen LogP contribution in [0.25, 0.3) is 12.2 Å². The second-order valence-electron chi connectivity index (χ2n) is 7.27. The molecule has 0 aliphatic carbocycles. The van der Waals surface area contributed by atoms with E-state index in [1.54, 1.807) is 0 Å². The first-order valence-electron chi connectivity index (χ1n) is 10.1. The maximum absolute atomic E-state index is 10.6. The molecule has 1 aromatic heterocycles. The van der Waals surface area contributed by atoms with E-state index in [1.807, 2.05) is 38.1 Å². The van der Waals surface area contributed by atoms with Gasteiger partial charge in [-0.1, -0.05) is 60.7 Å². The summed E-state index contributed by atoms with van der Waals surface area (Å²) in [6.45, 7) is 20.9. The fourth-order valence-corrected chi connectivity index (χ4v) is 2.70. The molecule has 0 aliphatic rings. The van der Waals surface area contributed by atoms with Crippen molar-refractivity contribution in [2.24, 2.45) is 0 Å². The number of nitrogens with zero attached hydrogens (tertiary/aromatic N) is 3. The number of allylic oxidation sites excluding steroid dienone is 3. The van der Waals surface area contributed by atoms with Crippen molar-refractivity contribution in [1.29, 1.82) is 0 Å². The molecule has 2 aromatic rings. The molecule has 0 saturated heterocycles. The minimum Gasteiger partial charge on any atom is -0.351 e. The molecule has 5 nitrogen and oxygen atoms in total. The van der Waals surface area contributed by atoms with Crippen molar-refractivity contribution < 1.29 is 4.79 Å². The van der Waals surface area contributed by atoms with E-state index in [-0.39, 0.29) is 0 Å². The van der Waals surface area contributed by atoms with Gasteiger partial charge in [0.05, 0.1) is 13.1 Å². The summed E-state index contributed by atoms with van der Waals surface area (Å²) in [7, 11) is 0. The van der Waals surface area contributed by atoms with Crippen LogP contribution in [-0.4, -0.2) is 21.2 Å². The minimum atomic E-state index is 0.341. The summed E-state index contributed by atoms with van der Waals surface area (Å²) in [5.74, 6) is 1.60. The number of carbonyl (C=O) groups is 1. The van der Waals surface area contributed by atoms with E-state index in [2.05, 4.69) is 65.8 Å². The van der Waals surface area contributed by atoms with Crippen molar-refractivity contribution in [1.82, 2.24) is 20.1 Å². The van der Waals surface area contributed by atoms with Gasteiger partial charge in [-0.05, 0) is 50.8 Å². The van der Waals surface area contributed by atoms with Crippen LogP contribution in [0.5, 0.6) is 0 Å². The second-order valence-corrected chi connectivity index (χ2v) is 7.27. The van der Waals surface area contributed by atoms with Gasteiger partial charge in [-0.3, -0.25) is 4.79 Å². The molecule has 1 aromatic carbocycles. The summed E-state index contributed by atoms with van der Waals surface area (Å²) in [5, 5.41) is 11.2. The summed E-state index contributed by atoms with van der Waals surface area (Å²) < 4.78 is 2.05. The molecule has 1 heterocycles. The van der Waals surface area contributed by atoms with Gasteiger partial charge in [-0.25, -0.2) is 0 Å². The van der Waals surface area contributed by atoms with Gasteiger partial charge in [0.1, 0.15) is 5.82 Å². The largest absolute Gasteiger partial charge is 0.351 e. The maximum atomic E-state index is 10.6. The molecule has 2 rings (SSSR count). The lowest BCUT2D eigenvalue weighted by atomic mass is 10.0. The number of benzene rings is 1. The Morgan fingerprint density at radius 2 is 1.80 bits per heavy atom. The topological polar surface area (TPSA) is 59.8 Å². The van der Waals surface area contributed by atoms with Crippen LogP contribution in [0.2, 0.25) is 0 Å². The van der Waals surface area contributed by atoms with Gasteiger partial charge in [-0.15, -0.1) is 16.8 Å². The number of amides is 1. The van der Waals surface area contributed by atoms with Crippen LogP contribution in [-0.2, 0) is 24.3 Å². The molecule has 0 radical (unpaired) electrons. The Hall–Kier alpha value is -3.21. The Morgan fingerprint density at radius 3 is 2.33 bits per heavy atom. The van der Waals surface area contributed by atoms with E-state index in [4.69, 9.17) is 0 Å². The predicted molar refractivity (Wildman–Crippen MR) is 127 cm³/mol. The van der Waals surface area contributed by atoms with Crippen LogP contribution < -0.4 is 5.32 Å². The molecular formula is C25H34N4O. The lowest BCUT2D eigenvalue weighted by Crippen LogP contribution is -2.17. The average Bonchev–Trinajstić information content (AvgIpc) is 3.12. The molecule has 0 aliphatic heterocycles. The van der Waals surface area contributed by atoms with Crippen LogP contribution in [0.1, 0.15) is 62.5 Å². The number of nitrogens with one attached hydrogen (secondary N) is 1. The van der Waals surface area contributed by atoms with Crippen LogP contribution in [0.4, 0.5) is 0 Å². The average molecular weight is 407 g/mol. The monoisotopic (exact) mass is 406 g/mol. The van der Waals surface area contributed by atoms with E-state index in [0.717, 1.165) is 46.8 Å². The highest BCUT2D eigenvalue weighted by Gasteiger charge is 2.14. The van der Waals surface area contributed by atoms with E-state index >= 15 is 0 Å². The minimum absolute atomic E-state index is 0.341. The first kappa shape index (κ1) is 24.8. The first-order valence-corrected chi connectivity index (χ1v) is 10.1. The molecule has 5 heteroatoms. The van der Waals surface area contributed by atoms with Crippen molar-refractivity contribution in [3.8, 4) is 0 Å². The van der Waals surface area contributed by atoms with E-state index in [9.17, 15) is 4.79 Å². The highest BCUT2D eigenvalue weighted by atomic mass is 16.1. The normalized spacial score (nSPS) is 9.73. The Balaban J connectivity index is 0.000000804. The van der Waals surface area contributed by atoms with Crippen molar-refractivity contribution in [3.05, 3.63) is 83.5 Å². The zero-order chi connectivity index (χ0) is 22.5. The standard InChI is InChI=1S/C20H24N4O.C5H10/c1-5-16-8-7-9-17(18(16)6-2)13-24-19(11-10-15(3)4)22-23-20(24)12-21-14-25;1-4-5(2)3/h5-9,14H,1-3,10-13H2,4H3,(H,21,25);4H,1-3H3. The van der Waals surface area contributed by atoms with Crippen LogP contribution in [0, 0.1) is 0 Å². The molecule has 0 atom stereocenters. The maximum Gasteiger partial charge on any atom is 0.207 e. The molecule has 1 N–H and O–H groups in total. The van der Waals surface area contributed by atoms with Crippen molar-refractivity contribution in [2.75, 3.05) is 0 Å². The molecule has 160 valence electrons. The third-order valence-electron chi connectivity index (χ3n) is 4.58. The summed E-state index contributed by atoms with van der Waals surface area (Å²) >= 11 is 0. The third kappa shape index (κ3) is 7.66. The number of aromatic nitrogens is 3. The lowest BCUT2D eigenvalue weighted by molar-refractivity contribution is -0.109. The molecule has 0 unspecified atom stereocenters. The van der Waals surface area contributed by atoms with E-state index < -0.39 is 0 Å². The quantitative estimate of drug-likeness (QED) is 0.428. The predicted octanol–water partition coefficient (Wildman–Crippen LogP) is 5.34. The van der Waals surface area contributed by atoms with Crippen molar-refractivity contribution in [2.45, 2.75) is 53.6 Å². The molecular weight excluding hydrogens is 372 g/mol. The molecule has 0 saturated carbocycles. The third-order valence-corrected chi connectivity index (χ3v) is 4.58. The highest BCUT2D eigenvalue weighted by molar-refractivity contribution is 5.66. The number of hydrogen-bond donors (Lipinski definition) is 1. The Morgan fingerprint density at radius 1 is 1.13 bits per heavy atom. The second kappa shape index (κ2) is 13.1. The number of rotatable bonds is 10. The number of hydrogen-bond acceptors (Lipinski definition) is 3. The summed E-state index contributed by atoms with van der Waals surface area (Å²) in [6.07, 6.45) is 8.02. The number of aryl methyl sites for hydroxylation is 1. The first-order chi connectivity index (χ1) is 14.4. The van der Waals surface area contributed by atoms with Gasteiger partial charge in [0.2, 0.25) is 6.41 Å². The fourth-order valence-electron chi connectivity index (χ4n) is 2.70. The van der Waals surface area contributed by atoms with Gasteiger partial charge in [0.25, 0.3) is 0 Å². The van der Waals surface area contributed by atoms with Gasteiger partial charge in [-0.2, -0.15) is 0 Å².